The van der Waals surface area contributed by atoms with Gasteiger partial charge in [0.2, 0.25) is 0 Å². The number of hydrogen-bond acceptors (Lipinski definition) is 6. The van der Waals surface area contributed by atoms with Gasteiger partial charge in [0.05, 0.1) is 17.7 Å². The molecule has 0 aromatic carbocycles. The minimum Gasteiger partial charge on any atom is -0.407 e. The first-order valence-corrected chi connectivity index (χ1v) is 14.3. The average Bonchev–Trinajstić information content (AvgIpc) is 3.21. The number of pyridine rings is 1. The molecule has 4 aliphatic rings. The van der Waals surface area contributed by atoms with Gasteiger partial charge in [0.1, 0.15) is 0 Å². The third kappa shape index (κ3) is 3.77. The van der Waals surface area contributed by atoms with Gasteiger partial charge in [0.15, 0.2) is 11.4 Å². The Hall–Kier alpha value is -1.79. The van der Waals surface area contributed by atoms with E-state index in [1.165, 1.54) is 25.7 Å². The lowest BCUT2D eigenvalue weighted by Crippen LogP contribution is -2.58. The van der Waals surface area contributed by atoms with Crippen LogP contribution in [0.2, 0.25) is 0 Å². The molecule has 2 aromatic heterocycles. The molecule has 0 bridgehead atoms. The maximum atomic E-state index is 12.3. The van der Waals surface area contributed by atoms with Gasteiger partial charge in [0.25, 0.3) is 0 Å². The largest absolute Gasteiger partial charge is 0.407 e. The van der Waals surface area contributed by atoms with Crippen LogP contribution in [-0.4, -0.2) is 32.4 Å². The van der Waals surface area contributed by atoms with Crippen molar-refractivity contribution in [2.75, 3.05) is 0 Å². The number of aromatic nitrogens is 2. The van der Waals surface area contributed by atoms with Gasteiger partial charge in [-0.1, -0.05) is 20.8 Å². The van der Waals surface area contributed by atoms with Crippen LogP contribution in [0.5, 0.6) is 0 Å². The van der Waals surface area contributed by atoms with Crippen LogP contribution in [0.3, 0.4) is 0 Å². The van der Waals surface area contributed by atoms with Crippen molar-refractivity contribution in [1.29, 1.82) is 0 Å². The Morgan fingerprint density at radius 3 is 2.69 bits per heavy atom. The van der Waals surface area contributed by atoms with Gasteiger partial charge in [-0.15, -0.1) is 0 Å². The lowest BCUT2D eigenvalue weighted by atomic mass is 9.43. The zero-order chi connectivity index (χ0) is 25.2. The molecule has 0 amide bonds. The highest BCUT2D eigenvalue weighted by Gasteiger charge is 2.62. The lowest BCUT2D eigenvalue weighted by molar-refractivity contribution is -0.174. The van der Waals surface area contributed by atoms with E-state index in [1.807, 2.05) is 6.07 Å². The van der Waals surface area contributed by atoms with E-state index in [0.717, 1.165) is 32.1 Å². The predicted octanol–water partition coefficient (Wildman–Crippen LogP) is 5.14. The molecule has 36 heavy (non-hydrogen) atoms. The molecule has 4 fully saturated rings. The van der Waals surface area contributed by atoms with E-state index in [9.17, 15) is 15.0 Å². The summed E-state index contributed by atoms with van der Waals surface area (Å²) in [6, 6.07) is 3.62. The Morgan fingerprint density at radius 1 is 1.08 bits per heavy atom. The van der Waals surface area contributed by atoms with Crippen LogP contribution in [0.25, 0.3) is 11.0 Å². The summed E-state index contributed by atoms with van der Waals surface area (Å²) >= 11 is 0. The maximum Gasteiger partial charge on any atom is 0.365 e. The van der Waals surface area contributed by atoms with E-state index in [-0.39, 0.29) is 23.0 Å². The Kier molecular flexibility index (Phi) is 6.07. The summed E-state index contributed by atoms with van der Waals surface area (Å²) in [5.41, 5.74) is 1.02. The zero-order valence-corrected chi connectivity index (χ0v) is 22.0. The fourth-order valence-corrected chi connectivity index (χ4v) is 9.79. The number of hydrogen-bond donors (Lipinski definition) is 2. The summed E-state index contributed by atoms with van der Waals surface area (Å²) in [4.78, 5) is 21.0. The van der Waals surface area contributed by atoms with Gasteiger partial charge < -0.3 is 14.6 Å². The first-order chi connectivity index (χ1) is 17.2. The zero-order valence-electron chi connectivity index (χ0n) is 22.0. The van der Waals surface area contributed by atoms with Crippen molar-refractivity contribution in [3.8, 4) is 0 Å². The first-order valence-electron chi connectivity index (χ1n) is 14.3. The second-order valence-corrected chi connectivity index (χ2v) is 13.2. The van der Waals surface area contributed by atoms with Crippen molar-refractivity contribution in [1.82, 2.24) is 9.97 Å². The Bertz CT molecular complexity index is 1180. The fraction of sp³-hybridized carbons (Fsp3) is 0.767. The van der Waals surface area contributed by atoms with Crippen molar-refractivity contribution in [3.05, 3.63) is 34.6 Å². The molecule has 6 rings (SSSR count). The molecule has 2 heterocycles. The number of fused-ring (bicyclic) bond motifs is 6. The van der Waals surface area contributed by atoms with Crippen LogP contribution >= 0.6 is 0 Å². The minimum atomic E-state index is -0.400. The van der Waals surface area contributed by atoms with Gasteiger partial charge in [-0.25, -0.2) is 14.8 Å². The van der Waals surface area contributed by atoms with Crippen LogP contribution in [0.1, 0.15) is 84.4 Å². The third-order valence-corrected chi connectivity index (χ3v) is 11.7. The molecular formula is C30H42N2O4. The second kappa shape index (κ2) is 8.90. The van der Waals surface area contributed by atoms with E-state index in [0.29, 0.717) is 58.9 Å². The Labute approximate surface area is 213 Å². The van der Waals surface area contributed by atoms with Crippen molar-refractivity contribution in [2.24, 2.45) is 46.3 Å². The molecule has 6 heteroatoms. The molecule has 0 spiro atoms. The van der Waals surface area contributed by atoms with Crippen molar-refractivity contribution in [3.63, 3.8) is 0 Å². The van der Waals surface area contributed by atoms with Crippen LogP contribution < -0.4 is 5.63 Å². The summed E-state index contributed by atoms with van der Waals surface area (Å²) in [5, 5.41) is 21.8. The molecule has 196 valence electrons. The molecule has 4 aliphatic carbocycles. The molecular weight excluding hydrogens is 452 g/mol. The number of rotatable bonds is 4. The van der Waals surface area contributed by atoms with Gasteiger partial charge >= 0.3 is 5.63 Å². The standard InChI is InChI=1S/C30H42N2O4/c1-17(6-9-25-32-23-5-4-14-31-27(23)28(35)36-25)20-7-8-21-26-22(11-13-30(20,21)3)29(2)12-10-19(33)15-18(29)16-24(26)34/h4-5,14,17-22,24,26,33-34H,6-13,15-16H2,1-3H3/t17-,18+,19-,20-,21+,22?,24+,26+,29+,30-/m1/s1. The summed E-state index contributed by atoms with van der Waals surface area (Å²) in [6.07, 6.45) is 11.4. The van der Waals surface area contributed by atoms with Crippen LogP contribution in [0, 0.1) is 46.3 Å². The Morgan fingerprint density at radius 2 is 1.86 bits per heavy atom. The summed E-state index contributed by atoms with van der Waals surface area (Å²) in [6.45, 7) is 7.35. The fourth-order valence-electron chi connectivity index (χ4n) is 9.79. The predicted molar refractivity (Wildman–Crippen MR) is 138 cm³/mol. The van der Waals surface area contributed by atoms with E-state index in [1.54, 1.807) is 12.3 Å². The average molecular weight is 495 g/mol. The van der Waals surface area contributed by atoms with E-state index < -0.39 is 5.63 Å². The third-order valence-electron chi connectivity index (χ3n) is 11.7. The first kappa shape index (κ1) is 24.5. The van der Waals surface area contributed by atoms with E-state index >= 15 is 0 Å². The monoisotopic (exact) mass is 494 g/mol. The van der Waals surface area contributed by atoms with E-state index in [4.69, 9.17) is 4.42 Å². The van der Waals surface area contributed by atoms with E-state index in [2.05, 4.69) is 30.7 Å². The van der Waals surface area contributed by atoms with Crippen molar-refractivity contribution < 1.29 is 14.6 Å². The lowest BCUT2D eigenvalue weighted by Gasteiger charge is -2.62. The molecule has 1 unspecified atom stereocenters. The van der Waals surface area contributed by atoms with Gasteiger partial charge in [-0.3, -0.25) is 0 Å². The van der Waals surface area contributed by atoms with Crippen LogP contribution in [-0.2, 0) is 6.42 Å². The van der Waals surface area contributed by atoms with Crippen LogP contribution in [0.4, 0.5) is 0 Å². The normalized spacial score (nSPS) is 43.0. The smallest absolute Gasteiger partial charge is 0.365 e. The number of nitrogens with zero attached hydrogens (tertiary/aromatic N) is 2. The minimum absolute atomic E-state index is 0.185. The van der Waals surface area contributed by atoms with Gasteiger partial charge in [-0.2, -0.15) is 0 Å². The second-order valence-electron chi connectivity index (χ2n) is 13.2. The quantitative estimate of drug-likeness (QED) is 0.611. The highest BCUT2D eigenvalue weighted by Crippen LogP contribution is 2.68. The molecule has 0 aliphatic heterocycles. The number of aliphatic hydroxyl groups excluding tert-OH is 2. The van der Waals surface area contributed by atoms with Crippen LogP contribution in [0.15, 0.2) is 27.5 Å². The molecule has 4 saturated carbocycles. The highest BCUT2D eigenvalue weighted by atomic mass is 16.4. The molecule has 10 atom stereocenters. The van der Waals surface area contributed by atoms with Gasteiger partial charge in [-0.05, 0) is 116 Å². The molecule has 6 nitrogen and oxygen atoms in total. The van der Waals surface area contributed by atoms with Crippen molar-refractivity contribution >= 4 is 11.0 Å². The summed E-state index contributed by atoms with van der Waals surface area (Å²) in [5.74, 6) is 3.63. The van der Waals surface area contributed by atoms with Crippen molar-refractivity contribution in [2.45, 2.75) is 97.2 Å². The molecule has 2 aromatic rings. The SMILES string of the molecule is C[C@H](CCc1nc2cccnc2c(=O)o1)[C@H]1CC[C@H]2[C@H]3C(CC[C@]12C)[C@@]1(C)CC[C@@H](O)C[C@H]1C[C@@H]3O. The molecule has 0 saturated heterocycles. The topological polar surface area (TPSA) is 96.5 Å². The Balaban J connectivity index is 1.18. The summed E-state index contributed by atoms with van der Waals surface area (Å²) < 4.78 is 5.51. The highest BCUT2D eigenvalue weighted by molar-refractivity contribution is 5.71. The number of aliphatic hydroxyl groups is 2. The number of aryl methyl sites for hydroxylation is 1. The molecule has 0 radical (unpaired) electrons. The maximum absolute atomic E-state index is 12.3. The summed E-state index contributed by atoms with van der Waals surface area (Å²) in [7, 11) is 0. The molecule has 2 N–H and O–H groups in total. The van der Waals surface area contributed by atoms with Gasteiger partial charge in [0, 0.05) is 12.6 Å².